The number of piperazine rings is 1. The minimum atomic E-state index is 0.305. The van der Waals surface area contributed by atoms with Crippen LogP contribution < -0.4 is 15.5 Å². The van der Waals surface area contributed by atoms with Crippen molar-refractivity contribution in [1.29, 1.82) is 0 Å². The molecule has 0 unspecified atom stereocenters. The SMILES string of the molecule is Oc1cccc(N2CCN(C(=S)N/C=C3/CNc4ccccc43)CC2)c1. The van der Waals surface area contributed by atoms with E-state index in [0.717, 1.165) is 43.5 Å². The first kappa shape index (κ1) is 16.7. The van der Waals surface area contributed by atoms with E-state index in [-0.39, 0.29) is 0 Å². The highest BCUT2D eigenvalue weighted by atomic mass is 32.1. The molecule has 2 aliphatic heterocycles. The molecule has 3 N–H and O–H groups in total. The summed E-state index contributed by atoms with van der Waals surface area (Å²) in [5, 5.41) is 17.1. The van der Waals surface area contributed by atoms with Crippen molar-refractivity contribution < 1.29 is 5.11 Å². The van der Waals surface area contributed by atoms with Crippen LogP contribution in [0.2, 0.25) is 0 Å². The second-order valence-electron chi connectivity index (χ2n) is 6.51. The molecule has 0 atom stereocenters. The maximum atomic E-state index is 9.65. The number of hydrogen-bond donors (Lipinski definition) is 3. The number of fused-ring (bicyclic) bond motifs is 1. The van der Waals surface area contributed by atoms with Crippen molar-refractivity contribution in [2.45, 2.75) is 0 Å². The topological polar surface area (TPSA) is 50.8 Å². The van der Waals surface area contributed by atoms with Crippen LogP contribution in [0, 0.1) is 0 Å². The Hall–Kier alpha value is -2.73. The van der Waals surface area contributed by atoms with Crippen LogP contribution in [0.25, 0.3) is 5.57 Å². The first-order valence-electron chi connectivity index (χ1n) is 8.82. The second-order valence-corrected chi connectivity index (χ2v) is 6.90. The number of thiocarbonyl (C=S) groups is 1. The maximum Gasteiger partial charge on any atom is 0.173 e. The third-order valence-corrected chi connectivity index (χ3v) is 5.25. The Balaban J connectivity index is 1.34. The third kappa shape index (κ3) is 3.46. The lowest BCUT2D eigenvalue weighted by atomic mass is 10.1. The van der Waals surface area contributed by atoms with Gasteiger partial charge in [0.1, 0.15) is 5.75 Å². The largest absolute Gasteiger partial charge is 0.508 e. The minimum absolute atomic E-state index is 0.305. The molecule has 1 saturated heterocycles. The van der Waals surface area contributed by atoms with E-state index in [1.807, 2.05) is 24.4 Å². The van der Waals surface area contributed by atoms with Crippen molar-refractivity contribution in [3.63, 3.8) is 0 Å². The monoisotopic (exact) mass is 366 g/mol. The highest BCUT2D eigenvalue weighted by Crippen LogP contribution is 2.29. The highest BCUT2D eigenvalue weighted by molar-refractivity contribution is 7.80. The lowest BCUT2D eigenvalue weighted by molar-refractivity contribution is 0.383. The number of benzene rings is 2. The summed E-state index contributed by atoms with van der Waals surface area (Å²) in [5.41, 5.74) is 4.68. The summed E-state index contributed by atoms with van der Waals surface area (Å²) in [7, 11) is 0. The second kappa shape index (κ2) is 7.25. The fourth-order valence-corrected chi connectivity index (χ4v) is 3.67. The zero-order valence-corrected chi connectivity index (χ0v) is 15.3. The molecule has 2 aromatic rings. The molecule has 0 spiro atoms. The number of aromatic hydroxyl groups is 1. The molecule has 0 bridgehead atoms. The van der Waals surface area contributed by atoms with Gasteiger partial charge in [-0.25, -0.2) is 0 Å². The van der Waals surface area contributed by atoms with Crippen molar-refractivity contribution in [1.82, 2.24) is 10.2 Å². The molecule has 2 heterocycles. The molecule has 134 valence electrons. The average Bonchev–Trinajstić information content (AvgIpc) is 3.09. The van der Waals surface area contributed by atoms with Crippen LogP contribution in [0.3, 0.4) is 0 Å². The van der Waals surface area contributed by atoms with E-state index in [1.165, 1.54) is 16.8 Å². The number of hydrogen-bond acceptors (Lipinski definition) is 4. The lowest BCUT2D eigenvalue weighted by Gasteiger charge is -2.37. The van der Waals surface area contributed by atoms with Gasteiger partial charge in [-0.05, 0) is 36.0 Å². The van der Waals surface area contributed by atoms with Crippen molar-refractivity contribution in [2.24, 2.45) is 0 Å². The van der Waals surface area contributed by atoms with E-state index in [1.54, 1.807) is 12.1 Å². The van der Waals surface area contributed by atoms with Gasteiger partial charge in [-0.2, -0.15) is 0 Å². The van der Waals surface area contributed by atoms with Gasteiger partial charge in [-0.3, -0.25) is 0 Å². The summed E-state index contributed by atoms with van der Waals surface area (Å²) in [6.45, 7) is 4.30. The first-order chi connectivity index (χ1) is 12.7. The fourth-order valence-electron chi connectivity index (χ4n) is 3.43. The maximum absolute atomic E-state index is 9.65. The van der Waals surface area contributed by atoms with Gasteiger partial charge in [-0.15, -0.1) is 0 Å². The molecule has 4 rings (SSSR count). The zero-order chi connectivity index (χ0) is 17.9. The predicted octanol–water partition coefficient (Wildman–Crippen LogP) is 2.86. The summed E-state index contributed by atoms with van der Waals surface area (Å²) in [4.78, 5) is 4.47. The number of nitrogens with one attached hydrogen (secondary N) is 2. The number of para-hydroxylation sites is 1. The zero-order valence-electron chi connectivity index (χ0n) is 14.5. The smallest absolute Gasteiger partial charge is 0.173 e. The number of phenolic OH excluding ortho intramolecular Hbond substituents is 1. The van der Waals surface area contributed by atoms with Crippen LogP contribution >= 0.6 is 12.2 Å². The normalized spacial score (nSPS) is 17.8. The quantitative estimate of drug-likeness (QED) is 0.711. The van der Waals surface area contributed by atoms with Crippen molar-refractivity contribution in [3.05, 3.63) is 60.3 Å². The molecule has 0 amide bonds. The summed E-state index contributed by atoms with van der Waals surface area (Å²) >= 11 is 5.57. The number of phenols is 1. The van der Waals surface area contributed by atoms with Crippen LogP contribution in [-0.2, 0) is 0 Å². The molecule has 6 heteroatoms. The molecular weight excluding hydrogens is 344 g/mol. The van der Waals surface area contributed by atoms with E-state index in [0.29, 0.717) is 5.75 Å². The van der Waals surface area contributed by atoms with E-state index >= 15 is 0 Å². The molecule has 26 heavy (non-hydrogen) atoms. The van der Waals surface area contributed by atoms with Crippen LogP contribution in [0.15, 0.2) is 54.7 Å². The van der Waals surface area contributed by atoms with E-state index < -0.39 is 0 Å². The molecule has 5 nitrogen and oxygen atoms in total. The van der Waals surface area contributed by atoms with Gasteiger partial charge >= 0.3 is 0 Å². The summed E-state index contributed by atoms with van der Waals surface area (Å²) < 4.78 is 0. The van der Waals surface area contributed by atoms with Crippen LogP contribution in [0.4, 0.5) is 11.4 Å². The Morgan fingerprint density at radius 2 is 1.88 bits per heavy atom. The van der Waals surface area contributed by atoms with Gasteiger partial charge in [0.05, 0.1) is 0 Å². The summed E-state index contributed by atoms with van der Waals surface area (Å²) in [6.07, 6.45) is 2.02. The summed E-state index contributed by atoms with van der Waals surface area (Å²) in [5.74, 6) is 0.305. The van der Waals surface area contributed by atoms with E-state index in [4.69, 9.17) is 12.2 Å². The van der Waals surface area contributed by atoms with Gasteiger partial charge in [-0.1, -0.05) is 24.3 Å². The predicted molar refractivity (Wildman–Crippen MR) is 111 cm³/mol. The Labute approximate surface area is 158 Å². The van der Waals surface area contributed by atoms with Crippen molar-refractivity contribution in [3.8, 4) is 5.75 Å². The minimum Gasteiger partial charge on any atom is -0.508 e. The van der Waals surface area contributed by atoms with E-state index in [2.05, 4.69) is 38.6 Å². The molecule has 0 radical (unpaired) electrons. The fraction of sp³-hybridized carbons (Fsp3) is 0.250. The molecular formula is C20H22N4OS. The standard InChI is InChI=1S/C20H22N4OS/c25-17-5-3-4-16(12-17)23-8-10-24(11-9-23)20(26)22-14-15-13-21-19-7-2-1-6-18(15)19/h1-7,12,14,21,25H,8-11,13H2,(H,22,26)/b15-14-. The molecule has 2 aliphatic rings. The Morgan fingerprint density at radius 1 is 1.08 bits per heavy atom. The van der Waals surface area contributed by atoms with Crippen molar-refractivity contribution in [2.75, 3.05) is 42.9 Å². The van der Waals surface area contributed by atoms with Crippen molar-refractivity contribution >= 4 is 34.3 Å². The molecule has 1 fully saturated rings. The average molecular weight is 366 g/mol. The van der Waals surface area contributed by atoms with Crippen LogP contribution in [0.1, 0.15) is 5.56 Å². The number of anilines is 2. The van der Waals surface area contributed by atoms with Gasteiger partial charge in [0.25, 0.3) is 0 Å². The molecule has 2 aromatic carbocycles. The summed E-state index contributed by atoms with van der Waals surface area (Å²) in [6, 6.07) is 15.7. The molecule has 0 aromatic heterocycles. The number of rotatable bonds is 2. The van der Waals surface area contributed by atoms with Gasteiger partial charge in [0, 0.05) is 61.9 Å². The first-order valence-corrected chi connectivity index (χ1v) is 9.23. The Bertz CT molecular complexity index is 843. The third-order valence-electron chi connectivity index (χ3n) is 4.87. The lowest BCUT2D eigenvalue weighted by Crippen LogP contribution is -2.51. The Morgan fingerprint density at radius 3 is 2.69 bits per heavy atom. The molecule has 0 aliphatic carbocycles. The highest BCUT2D eigenvalue weighted by Gasteiger charge is 2.20. The number of nitrogens with zero attached hydrogens (tertiary/aromatic N) is 2. The Kier molecular flexibility index (Phi) is 4.67. The van der Waals surface area contributed by atoms with E-state index in [9.17, 15) is 5.11 Å². The van der Waals surface area contributed by atoms with Gasteiger partial charge < -0.3 is 25.5 Å². The van der Waals surface area contributed by atoms with Gasteiger partial charge in [0.2, 0.25) is 0 Å². The van der Waals surface area contributed by atoms with Crippen LogP contribution in [-0.4, -0.2) is 47.8 Å². The van der Waals surface area contributed by atoms with Crippen LogP contribution in [0.5, 0.6) is 5.75 Å². The molecule has 0 saturated carbocycles. The van der Waals surface area contributed by atoms with Gasteiger partial charge in [0.15, 0.2) is 5.11 Å².